The quantitative estimate of drug-likeness (QED) is 0.851. The summed E-state index contributed by atoms with van der Waals surface area (Å²) >= 11 is 7.32. The molecule has 0 saturated carbocycles. The Labute approximate surface area is 133 Å². The first-order chi connectivity index (χ1) is 9.95. The number of thioether (sulfide) groups is 1. The second-order valence-electron chi connectivity index (χ2n) is 4.68. The highest BCUT2D eigenvalue weighted by molar-refractivity contribution is 8.00. The molecule has 0 radical (unpaired) electrons. The van der Waals surface area contributed by atoms with E-state index in [9.17, 15) is 4.79 Å². The molecular formula is C15H17ClN2O2S. The molecule has 1 atom stereocenters. The molecule has 0 spiro atoms. The van der Waals surface area contributed by atoms with Crippen molar-refractivity contribution in [2.24, 2.45) is 0 Å². The van der Waals surface area contributed by atoms with Crippen molar-refractivity contribution in [3.8, 4) is 0 Å². The summed E-state index contributed by atoms with van der Waals surface area (Å²) in [7, 11) is 0. The summed E-state index contributed by atoms with van der Waals surface area (Å²) in [6.07, 6.45) is 0. The van der Waals surface area contributed by atoms with E-state index >= 15 is 0 Å². The van der Waals surface area contributed by atoms with E-state index in [1.807, 2.05) is 45.0 Å². The van der Waals surface area contributed by atoms with Crippen LogP contribution in [0.5, 0.6) is 0 Å². The molecule has 0 fully saturated rings. The molecule has 4 nitrogen and oxygen atoms in total. The first-order valence-electron chi connectivity index (χ1n) is 6.58. The van der Waals surface area contributed by atoms with Crippen LogP contribution in [0.4, 0.5) is 0 Å². The lowest BCUT2D eigenvalue weighted by Crippen LogP contribution is -2.30. The highest BCUT2D eigenvalue weighted by Crippen LogP contribution is 2.24. The van der Waals surface area contributed by atoms with Gasteiger partial charge in [0.25, 0.3) is 0 Å². The molecule has 112 valence electrons. The third-order valence-corrected chi connectivity index (χ3v) is 4.35. The topological polar surface area (TPSA) is 55.1 Å². The van der Waals surface area contributed by atoms with E-state index in [2.05, 4.69) is 10.3 Å². The normalized spacial score (nSPS) is 12.2. The summed E-state index contributed by atoms with van der Waals surface area (Å²) in [5, 5.41) is 3.31. The van der Waals surface area contributed by atoms with Crippen LogP contribution in [-0.2, 0) is 11.3 Å². The van der Waals surface area contributed by atoms with Gasteiger partial charge in [0.2, 0.25) is 11.8 Å². The molecule has 0 aliphatic heterocycles. The number of carbonyl (C=O) groups excluding carboxylic acids is 1. The summed E-state index contributed by atoms with van der Waals surface area (Å²) in [6, 6.07) is 7.43. The minimum absolute atomic E-state index is 0.0524. The predicted molar refractivity (Wildman–Crippen MR) is 84.6 cm³/mol. The molecule has 2 aromatic rings. The highest BCUT2D eigenvalue weighted by atomic mass is 35.5. The van der Waals surface area contributed by atoms with E-state index in [1.165, 1.54) is 11.8 Å². The van der Waals surface area contributed by atoms with Crippen LogP contribution in [0.1, 0.15) is 24.3 Å². The Kier molecular flexibility index (Phi) is 5.31. The van der Waals surface area contributed by atoms with Crippen LogP contribution < -0.4 is 5.32 Å². The number of hydrogen-bond acceptors (Lipinski definition) is 4. The van der Waals surface area contributed by atoms with Gasteiger partial charge in [-0.2, -0.15) is 0 Å². The van der Waals surface area contributed by atoms with Crippen molar-refractivity contribution in [2.45, 2.75) is 37.5 Å². The standard InChI is InChI=1S/C15H17ClN2O2S/c1-9-10(2)20-14(18-9)8-17-15(19)11(3)21-13-6-4-12(16)5-7-13/h4-7,11H,8H2,1-3H3,(H,17,19). The van der Waals surface area contributed by atoms with Crippen LogP contribution in [0.3, 0.4) is 0 Å². The SMILES string of the molecule is Cc1nc(CNC(=O)C(C)Sc2ccc(Cl)cc2)oc1C. The molecule has 1 aromatic heterocycles. The fourth-order valence-electron chi connectivity index (χ4n) is 1.69. The molecule has 1 N–H and O–H groups in total. The van der Waals surface area contributed by atoms with Crippen LogP contribution in [0.15, 0.2) is 33.6 Å². The molecule has 1 aromatic carbocycles. The summed E-state index contributed by atoms with van der Waals surface area (Å²) in [5.74, 6) is 1.26. The molecule has 1 unspecified atom stereocenters. The van der Waals surface area contributed by atoms with Crippen LogP contribution in [0, 0.1) is 13.8 Å². The Hall–Kier alpha value is -1.46. The van der Waals surface area contributed by atoms with Crippen LogP contribution in [0.2, 0.25) is 5.02 Å². The van der Waals surface area contributed by atoms with Crippen LogP contribution in [-0.4, -0.2) is 16.1 Å². The van der Waals surface area contributed by atoms with E-state index in [0.29, 0.717) is 17.5 Å². The lowest BCUT2D eigenvalue weighted by Gasteiger charge is -2.11. The van der Waals surface area contributed by atoms with E-state index in [4.69, 9.17) is 16.0 Å². The van der Waals surface area contributed by atoms with Gasteiger partial charge in [-0.25, -0.2) is 4.98 Å². The number of amides is 1. The van der Waals surface area contributed by atoms with Crippen molar-refractivity contribution < 1.29 is 9.21 Å². The Balaban J connectivity index is 1.86. The van der Waals surface area contributed by atoms with Crippen molar-refractivity contribution >= 4 is 29.3 Å². The second-order valence-corrected chi connectivity index (χ2v) is 6.53. The Bertz CT molecular complexity index is 606. The van der Waals surface area contributed by atoms with Gasteiger partial charge in [-0.05, 0) is 45.0 Å². The van der Waals surface area contributed by atoms with Crippen LogP contribution in [0.25, 0.3) is 0 Å². The van der Waals surface area contributed by atoms with Gasteiger partial charge in [0.05, 0.1) is 17.5 Å². The van der Waals surface area contributed by atoms with Gasteiger partial charge in [0.1, 0.15) is 5.76 Å². The average molecular weight is 325 g/mol. The summed E-state index contributed by atoms with van der Waals surface area (Å²) in [6.45, 7) is 5.90. The van der Waals surface area contributed by atoms with Crippen molar-refractivity contribution in [3.05, 3.63) is 46.6 Å². The number of carbonyl (C=O) groups is 1. The first-order valence-corrected chi connectivity index (χ1v) is 7.84. The van der Waals surface area contributed by atoms with Crippen molar-refractivity contribution in [1.29, 1.82) is 0 Å². The number of hydrogen-bond donors (Lipinski definition) is 1. The van der Waals surface area contributed by atoms with Gasteiger partial charge in [0.15, 0.2) is 0 Å². The van der Waals surface area contributed by atoms with Crippen molar-refractivity contribution in [3.63, 3.8) is 0 Å². The number of nitrogens with one attached hydrogen (secondary N) is 1. The maximum atomic E-state index is 12.1. The lowest BCUT2D eigenvalue weighted by molar-refractivity contribution is -0.120. The zero-order valence-electron chi connectivity index (χ0n) is 12.1. The van der Waals surface area contributed by atoms with Gasteiger partial charge in [-0.3, -0.25) is 4.79 Å². The zero-order valence-corrected chi connectivity index (χ0v) is 13.7. The highest BCUT2D eigenvalue weighted by Gasteiger charge is 2.15. The Morgan fingerprint density at radius 1 is 1.38 bits per heavy atom. The minimum atomic E-state index is -0.205. The Morgan fingerprint density at radius 2 is 2.05 bits per heavy atom. The van der Waals surface area contributed by atoms with Crippen LogP contribution >= 0.6 is 23.4 Å². The fourth-order valence-corrected chi connectivity index (χ4v) is 2.71. The summed E-state index contributed by atoms with van der Waals surface area (Å²) in [5.41, 5.74) is 0.850. The molecule has 6 heteroatoms. The van der Waals surface area contributed by atoms with E-state index in [-0.39, 0.29) is 11.2 Å². The number of benzene rings is 1. The monoisotopic (exact) mass is 324 g/mol. The van der Waals surface area contributed by atoms with Gasteiger partial charge < -0.3 is 9.73 Å². The molecule has 1 amide bonds. The second kappa shape index (κ2) is 7.00. The smallest absolute Gasteiger partial charge is 0.233 e. The number of oxazole rings is 1. The number of nitrogens with zero attached hydrogens (tertiary/aromatic N) is 1. The largest absolute Gasteiger partial charge is 0.444 e. The first kappa shape index (κ1) is 15.9. The summed E-state index contributed by atoms with van der Waals surface area (Å²) < 4.78 is 5.43. The maximum Gasteiger partial charge on any atom is 0.233 e. The number of aromatic nitrogens is 1. The zero-order chi connectivity index (χ0) is 15.4. The van der Waals surface area contributed by atoms with Gasteiger partial charge >= 0.3 is 0 Å². The molecule has 0 saturated heterocycles. The van der Waals surface area contributed by atoms with Crippen molar-refractivity contribution in [2.75, 3.05) is 0 Å². The minimum Gasteiger partial charge on any atom is -0.444 e. The number of halogens is 1. The molecule has 1 heterocycles. The van der Waals surface area contributed by atoms with E-state index < -0.39 is 0 Å². The van der Waals surface area contributed by atoms with E-state index in [0.717, 1.165) is 16.3 Å². The number of rotatable bonds is 5. The van der Waals surface area contributed by atoms with Gasteiger partial charge in [-0.1, -0.05) is 11.6 Å². The third kappa shape index (κ3) is 4.51. The van der Waals surface area contributed by atoms with Gasteiger partial charge in [-0.15, -0.1) is 11.8 Å². The molecule has 0 aliphatic carbocycles. The predicted octanol–water partition coefficient (Wildman–Crippen LogP) is 3.74. The average Bonchev–Trinajstić information content (AvgIpc) is 2.77. The van der Waals surface area contributed by atoms with Crippen molar-refractivity contribution in [1.82, 2.24) is 10.3 Å². The molecule has 21 heavy (non-hydrogen) atoms. The molecule has 2 rings (SSSR count). The Morgan fingerprint density at radius 3 is 2.62 bits per heavy atom. The molecule has 0 aliphatic rings. The van der Waals surface area contributed by atoms with E-state index in [1.54, 1.807) is 0 Å². The third-order valence-electron chi connectivity index (χ3n) is 2.98. The lowest BCUT2D eigenvalue weighted by atomic mass is 10.4. The summed E-state index contributed by atoms with van der Waals surface area (Å²) in [4.78, 5) is 17.3. The maximum absolute atomic E-state index is 12.1. The van der Waals surface area contributed by atoms with Gasteiger partial charge in [0, 0.05) is 9.92 Å². The number of aryl methyl sites for hydroxylation is 2. The molecule has 0 bridgehead atoms. The fraction of sp³-hybridized carbons (Fsp3) is 0.333. The molecular weight excluding hydrogens is 308 g/mol.